The monoisotopic (exact) mass is 396 g/mol. The predicted octanol–water partition coefficient (Wildman–Crippen LogP) is 3.17. The molecular weight excluding hydrogens is 375 g/mol. The minimum atomic E-state index is -0.849. The lowest BCUT2D eigenvalue weighted by atomic mass is 9.98. The van der Waals surface area contributed by atoms with Crippen molar-refractivity contribution in [3.05, 3.63) is 64.5 Å². The van der Waals surface area contributed by atoms with E-state index in [1.54, 1.807) is 6.07 Å². The Labute approximate surface area is 167 Å². The van der Waals surface area contributed by atoms with Crippen LogP contribution in [0.5, 0.6) is 0 Å². The van der Waals surface area contributed by atoms with Crippen LogP contribution in [0.15, 0.2) is 36.4 Å². The Kier molecular flexibility index (Phi) is 5.07. The van der Waals surface area contributed by atoms with E-state index in [0.29, 0.717) is 48.6 Å². The smallest absolute Gasteiger partial charge is 0.320 e. The molecule has 1 amide bonds. The number of carbonyl (C=O) groups is 2. The van der Waals surface area contributed by atoms with Crippen LogP contribution in [0.4, 0.5) is 10.1 Å². The van der Waals surface area contributed by atoms with E-state index in [1.807, 2.05) is 25.1 Å². The van der Waals surface area contributed by atoms with Crippen molar-refractivity contribution in [3.63, 3.8) is 0 Å². The molecule has 29 heavy (non-hydrogen) atoms. The molecule has 3 N–H and O–H groups in total. The van der Waals surface area contributed by atoms with E-state index in [9.17, 15) is 14.0 Å². The number of hydrogen-bond acceptors (Lipinski definition) is 4. The molecule has 2 aliphatic heterocycles. The summed E-state index contributed by atoms with van der Waals surface area (Å²) in [6, 6.07) is 9.49. The maximum absolute atomic E-state index is 13.7. The maximum atomic E-state index is 13.7. The molecule has 4 rings (SSSR count). The zero-order valence-corrected chi connectivity index (χ0v) is 15.9. The Morgan fingerprint density at radius 2 is 2.10 bits per heavy atom. The first-order valence-corrected chi connectivity index (χ1v) is 9.54. The summed E-state index contributed by atoms with van der Waals surface area (Å²) in [5.41, 5.74) is 4.25. The molecule has 0 saturated carbocycles. The van der Waals surface area contributed by atoms with E-state index in [1.165, 1.54) is 12.1 Å². The largest absolute Gasteiger partial charge is 0.487 e. The Morgan fingerprint density at radius 1 is 1.28 bits per heavy atom. The van der Waals surface area contributed by atoms with Gasteiger partial charge in [-0.05, 0) is 43.1 Å². The molecule has 0 aliphatic carbocycles. The zero-order valence-electron chi connectivity index (χ0n) is 15.9. The minimum Gasteiger partial charge on any atom is -0.487 e. The number of anilines is 1. The highest BCUT2D eigenvalue weighted by Crippen LogP contribution is 2.41. The third-order valence-corrected chi connectivity index (χ3v) is 5.25. The molecule has 150 valence electrons. The van der Waals surface area contributed by atoms with Gasteiger partial charge in [0.2, 0.25) is 0 Å². The summed E-state index contributed by atoms with van der Waals surface area (Å²) in [5, 5.41) is 14.9. The molecule has 2 heterocycles. The molecule has 0 aromatic heterocycles. The normalized spacial score (nSPS) is 18.1. The van der Waals surface area contributed by atoms with Crippen molar-refractivity contribution in [2.45, 2.75) is 32.4 Å². The Morgan fingerprint density at radius 3 is 2.86 bits per heavy atom. The van der Waals surface area contributed by atoms with Crippen LogP contribution in [-0.4, -0.2) is 29.6 Å². The van der Waals surface area contributed by atoms with Crippen LogP contribution in [-0.2, 0) is 27.4 Å². The molecule has 2 aliphatic rings. The number of aliphatic carboxylic acids is 1. The van der Waals surface area contributed by atoms with Crippen molar-refractivity contribution >= 4 is 28.9 Å². The van der Waals surface area contributed by atoms with Crippen LogP contribution >= 0.6 is 0 Å². The van der Waals surface area contributed by atoms with Crippen LogP contribution in [0, 0.1) is 5.82 Å². The molecule has 2 aromatic rings. The second kappa shape index (κ2) is 7.67. The number of benzene rings is 2. The fraction of sp³-hybridized carbons (Fsp3) is 0.273. The summed E-state index contributed by atoms with van der Waals surface area (Å²) in [7, 11) is 0. The predicted molar refractivity (Wildman–Crippen MR) is 106 cm³/mol. The molecule has 0 unspecified atom stereocenters. The zero-order chi connectivity index (χ0) is 20.5. The molecule has 7 heteroatoms. The van der Waals surface area contributed by atoms with Gasteiger partial charge in [0.25, 0.3) is 5.91 Å². The number of carboxylic acid groups (broad SMARTS) is 1. The summed E-state index contributed by atoms with van der Waals surface area (Å²) in [4.78, 5) is 23.6. The van der Waals surface area contributed by atoms with Gasteiger partial charge in [-0.15, -0.1) is 0 Å². The summed E-state index contributed by atoms with van der Waals surface area (Å²) < 4.78 is 19.5. The molecule has 0 fully saturated rings. The number of nitrogens with one attached hydrogen (secondary N) is 2. The lowest BCUT2D eigenvalue weighted by molar-refractivity contribution is -0.139. The topological polar surface area (TPSA) is 87.7 Å². The van der Waals surface area contributed by atoms with Crippen molar-refractivity contribution in [1.82, 2.24) is 5.32 Å². The third-order valence-electron chi connectivity index (χ3n) is 5.25. The van der Waals surface area contributed by atoms with Gasteiger partial charge in [0, 0.05) is 22.4 Å². The second-order valence-electron chi connectivity index (χ2n) is 7.13. The van der Waals surface area contributed by atoms with Crippen LogP contribution in [0.3, 0.4) is 0 Å². The van der Waals surface area contributed by atoms with Gasteiger partial charge in [0.15, 0.2) is 0 Å². The van der Waals surface area contributed by atoms with Crippen LogP contribution in [0.25, 0.3) is 11.3 Å². The average molecular weight is 396 g/mol. The number of rotatable bonds is 6. The van der Waals surface area contributed by atoms with Crippen molar-refractivity contribution in [2.24, 2.45) is 0 Å². The fourth-order valence-electron chi connectivity index (χ4n) is 3.74. The highest BCUT2D eigenvalue weighted by Gasteiger charge is 2.32. The van der Waals surface area contributed by atoms with Crippen LogP contribution in [0.1, 0.15) is 35.6 Å². The van der Waals surface area contributed by atoms with E-state index >= 15 is 0 Å². The van der Waals surface area contributed by atoms with Crippen LogP contribution in [0.2, 0.25) is 0 Å². The van der Waals surface area contributed by atoms with Crippen LogP contribution < -0.4 is 10.6 Å². The first kappa shape index (κ1) is 19.1. The Balaban J connectivity index is 1.57. The summed E-state index contributed by atoms with van der Waals surface area (Å²) in [6.07, 6.45) is 1.20. The van der Waals surface area contributed by atoms with Gasteiger partial charge < -0.3 is 20.5 Å². The standard InChI is InChI=1S/C22H21FN2O4/c1-2-17(22(27)28)24-8-7-12-3-5-15-13(9-12)11-29-20(15)19-16-10-14(23)4-6-18(16)25-21(19)26/h3-6,9-10,17,24H,2,7-8,11H2,1H3,(H,25,26)(H,27,28)/b20-19+/t17-/m0/s1. The highest BCUT2D eigenvalue weighted by molar-refractivity contribution is 6.36. The molecular formula is C22H21FN2O4. The molecule has 0 bridgehead atoms. The second-order valence-corrected chi connectivity index (χ2v) is 7.13. The fourth-order valence-corrected chi connectivity index (χ4v) is 3.74. The average Bonchev–Trinajstić information content (AvgIpc) is 3.24. The van der Waals surface area contributed by atoms with Gasteiger partial charge in [-0.25, -0.2) is 4.39 Å². The van der Waals surface area contributed by atoms with Gasteiger partial charge in [-0.1, -0.05) is 25.1 Å². The van der Waals surface area contributed by atoms with Gasteiger partial charge >= 0.3 is 5.97 Å². The number of amides is 1. The number of carboxylic acids is 1. The van der Waals surface area contributed by atoms with Gasteiger partial charge in [-0.2, -0.15) is 0 Å². The van der Waals surface area contributed by atoms with Crippen molar-refractivity contribution in [3.8, 4) is 0 Å². The first-order chi connectivity index (χ1) is 14.0. The van der Waals surface area contributed by atoms with Crippen molar-refractivity contribution < 1.29 is 23.8 Å². The summed E-state index contributed by atoms with van der Waals surface area (Å²) in [6.45, 7) is 2.71. The first-order valence-electron chi connectivity index (χ1n) is 9.54. The molecule has 1 atom stereocenters. The summed E-state index contributed by atoms with van der Waals surface area (Å²) >= 11 is 0. The molecule has 0 spiro atoms. The van der Waals surface area contributed by atoms with E-state index in [2.05, 4.69) is 10.6 Å². The highest BCUT2D eigenvalue weighted by atomic mass is 19.1. The van der Waals surface area contributed by atoms with E-state index in [4.69, 9.17) is 9.84 Å². The number of carbonyl (C=O) groups excluding carboxylic acids is 1. The summed E-state index contributed by atoms with van der Waals surface area (Å²) in [5.74, 6) is -1.10. The number of ether oxygens (including phenoxy) is 1. The molecule has 0 radical (unpaired) electrons. The quantitative estimate of drug-likeness (QED) is 0.653. The molecule has 6 nitrogen and oxygen atoms in total. The van der Waals surface area contributed by atoms with Gasteiger partial charge in [-0.3, -0.25) is 9.59 Å². The Bertz CT molecular complexity index is 1030. The number of fused-ring (bicyclic) bond motifs is 2. The van der Waals surface area contributed by atoms with Crippen molar-refractivity contribution in [1.29, 1.82) is 0 Å². The van der Waals surface area contributed by atoms with Gasteiger partial charge in [0.05, 0.1) is 5.57 Å². The molecule has 2 aromatic carbocycles. The lowest BCUT2D eigenvalue weighted by Gasteiger charge is -2.12. The van der Waals surface area contributed by atoms with E-state index < -0.39 is 17.8 Å². The van der Waals surface area contributed by atoms with Gasteiger partial charge in [0.1, 0.15) is 24.2 Å². The number of hydrogen-bond donors (Lipinski definition) is 3. The third kappa shape index (κ3) is 3.61. The molecule has 0 saturated heterocycles. The van der Waals surface area contributed by atoms with E-state index in [0.717, 1.165) is 16.7 Å². The Hall–Kier alpha value is -3.19. The van der Waals surface area contributed by atoms with Crippen molar-refractivity contribution in [2.75, 3.05) is 11.9 Å². The van der Waals surface area contributed by atoms with E-state index in [-0.39, 0.29) is 5.91 Å². The SMILES string of the molecule is CC[C@H](NCCc1ccc2c(c1)CO/C2=C1/C(=O)Nc2ccc(F)cc21)C(=O)O. The lowest BCUT2D eigenvalue weighted by Crippen LogP contribution is -2.37. The number of halogens is 1. The minimum absolute atomic E-state index is 0.305. The maximum Gasteiger partial charge on any atom is 0.320 e.